The first-order chi connectivity index (χ1) is 8.99. The second-order valence-electron chi connectivity index (χ2n) is 4.01. The largest absolute Gasteiger partial charge is 0.320 e. The molecule has 98 valence electrons. The van der Waals surface area contributed by atoms with Crippen molar-refractivity contribution in [1.29, 1.82) is 0 Å². The number of carbonyl (C=O) groups is 1. The number of amides is 1. The van der Waals surface area contributed by atoms with Crippen LogP contribution in [0.1, 0.15) is 15.9 Å². The first-order valence-electron chi connectivity index (χ1n) is 5.50. The lowest BCUT2D eigenvalue weighted by atomic mass is 10.1. The number of rotatable bonds is 2. The number of benzene rings is 2. The normalized spacial score (nSPS) is 10.3. The Morgan fingerprint density at radius 3 is 2.68 bits per heavy atom. The first-order valence-corrected chi connectivity index (χ1v) is 6.26. The lowest BCUT2D eigenvalue weighted by Gasteiger charge is -2.09. The summed E-state index contributed by atoms with van der Waals surface area (Å²) in [5.41, 5.74) is 0.723. The van der Waals surface area contributed by atoms with Gasteiger partial charge in [0.2, 0.25) is 0 Å². The molecule has 0 saturated heterocycles. The van der Waals surface area contributed by atoms with Crippen LogP contribution < -0.4 is 5.32 Å². The van der Waals surface area contributed by atoms with Crippen LogP contribution in [0.3, 0.4) is 0 Å². The summed E-state index contributed by atoms with van der Waals surface area (Å²) in [6.07, 6.45) is 0. The molecule has 0 heterocycles. The van der Waals surface area contributed by atoms with Crippen LogP contribution in [0.25, 0.3) is 0 Å². The quantitative estimate of drug-likeness (QED) is 0.856. The smallest absolute Gasteiger partial charge is 0.258 e. The third kappa shape index (κ3) is 3.06. The summed E-state index contributed by atoms with van der Waals surface area (Å²) in [6, 6.07) is 9.30. The van der Waals surface area contributed by atoms with E-state index in [4.69, 9.17) is 23.2 Å². The van der Waals surface area contributed by atoms with Crippen molar-refractivity contribution in [2.75, 3.05) is 5.32 Å². The molecule has 1 amide bonds. The van der Waals surface area contributed by atoms with Crippen molar-refractivity contribution in [2.45, 2.75) is 6.92 Å². The number of nitrogens with one attached hydrogen (secondary N) is 1. The Labute approximate surface area is 120 Å². The molecule has 0 radical (unpaired) electrons. The second kappa shape index (κ2) is 5.59. The molecule has 0 bridgehead atoms. The number of halogens is 3. The average molecular weight is 298 g/mol. The van der Waals surface area contributed by atoms with E-state index in [0.29, 0.717) is 21.3 Å². The van der Waals surface area contributed by atoms with Gasteiger partial charge in [-0.25, -0.2) is 4.39 Å². The van der Waals surface area contributed by atoms with Gasteiger partial charge in [-0.1, -0.05) is 35.3 Å². The molecule has 0 fully saturated rings. The second-order valence-corrected chi connectivity index (χ2v) is 4.86. The van der Waals surface area contributed by atoms with E-state index in [1.165, 1.54) is 12.1 Å². The van der Waals surface area contributed by atoms with E-state index in [1.807, 2.05) is 0 Å². The predicted octanol–water partition coefficient (Wildman–Crippen LogP) is 4.69. The Bertz CT molecular complexity index is 643. The van der Waals surface area contributed by atoms with E-state index in [0.717, 1.165) is 0 Å². The fourth-order valence-electron chi connectivity index (χ4n) is 1.61. The van der Waals surface area contributed by atoms with Crippen LogP contribution in [-0.2, 0) is 0 Å². The summed E-state index contributed by atoms with van der Waals surface area (Å²) in [7, 11) is 0. The summed E-state index contributed by atoms with van der Waals surface area (Å²) in [4.78, 5) is 12.0. The number of hydrogen-bond donors (Lipinski definition) is 1. The molecule has 0 aliphatic carbocycles. The van der Waals surface area contributed by atoms with Crippen LogP contribution in [0.2, 0.25) is 10.0 Å². The van der Waals surface area contributed by atoms with Gasteiger partial charge < -0.3 is 5.32 Å². The lowest BCUT2D eigenvalue weighted by Crippen LogP contribution is -2.14. The van der Waals surface area contributed by atoms with Crippen LogP contribution in [0.15, 0.2) is 36.4 Å². The van der Waals surface area contributed by atoms with Gasteiger partial charge in [-0.3, -0.25) is 4.79 Å². The highest BCUT2D eigenvalue weighted by atomic mass is 35.5. The molecule has 0 aliphatic heterocycles. The maximum atomic E-state index is 13.8. The highest BCUT2D eigenvalue weighted by molar-refractivity contribution is 6.35. The zero-order chi connectivity index (χ0) is 14.0. The molecular weight excluding hydrogens is 288 g/mol. The highest BCUT2D eigenvalue weighted by Crippen LogP contribution is 2.26. The number of aryl methyl sites for hydroxylation is 1. The molecule has 19 heavy (non-hydrogen) atoms. The predicted molar refractivity (Wildman–Crippen MR) is 75.6 cm³/mol. The SMILES string of the molecule is Cc1cccc(C(=O)Nc2cc(Cl)ccc2Cl)c1F. The van der Waals surface area contributed by atoms with Crippen LogP contribution in [0.4, 0.5) is 10.1 Å². The summed E-state index contributed by atoms with van der Waals surface area (Å²) in [6.45, 7) is 1.60. The van der Waals surface area contributed by atoms with Crippen molar-refractivity contribution in [3.63, 3.8) is 0 Å². The van der Waals surface area contributed by atoms with Gasteiger partial charge >= 0.3 is 0 Å². The third-order valence-electron chi connectivity index (χ3n) is 2.61. The molecule has 0 saturated carbocycles. The van der Waals surface area contributed by atoms with Crippen molar-refractivity contribution in [3.05, 3.63) is 63.4 Å². The van der Waals surface area contributed by atoms with E-state index in [2.05, 4.69) is 5.32 Å². The van der Waals surface area contributed by atoms with Gasteiger partial charge in [0.05, 0.1) is 16.3 Å². The molecule has 2 aromatic carbocycles. The number of carbonyl (C=O) groups excluding carboxylic acids is 1. The summed E-state index contributed by atoms with van der Waals surface area (Å²) < 4.78 is 13.8. The standard InChI is InChI=1S/C14H10Cl2FNO/c1-8-3-2-4-10(13(8)17)14(19)18-12-7-9(15)5-6-11(12)16/h2-7H,1H3,(H,18,19). The summed E-state index contributed by atoms with van der Waals surface area (Å²) in [5.74, 6) is -1.11. The van der Waals surface area contributed by atoms with Gasteiger partial charge in [0, 0.05) is 5.02 Å². The molecule has 2 rings (SSSR count). The monoisotopic (exact) mass is 297 g/mol. The molecule has 0 atom stereocenters. The molecule has 5 heteroatoms. The molecule has 0 spiro atoms. The summed E-state index contributed by atoms with van der Waals surface area (Å²) >= 11 is 11.8. The van der Waals surface area contributed by atoms with Crippen molar-refractivity contribution >= 4 is 34.8 Å². The maximum absolute atomic E-state index is 13.8. The summed E-state index contributed by atoms with van der Waals surface area (Å²) in [5, 5.41) is 3.31. The third-order valence-corrected chi connectivity index (χ3v) is 3.18. The lowest BCUT2D eigenvalue weighted by molar-refractivity contribution is 0.102. The molecule has 1 N–H and O–H groups in total. The highest BCUT2D eigenvalue weighted by Gasteiger charge is 2.14. The van der Waals surface area contributed by atoms with E-state index in [9.17, 15) is 9.18 Å². The van der Waals surface area contributed by atoms with Crippen LogP contribution in [0, 0.1) is 12.7 Å². The molecule has 0 aromatic heterocycles. The Morgan fingerprint density at radius 2 is 1.95 bits per heavy atom. The molecular formula is C14H10Cl2FNO. The average Bonchev–Trinajstić information content (AvgIpc) is 2.37. The Hall–Kier alpha value is -1.58. The van der Waals surface area contributed by atoms with Gasteiger partial charge in [0.1, 0.15) is 5.82 Å². The van der Waals surface area contributed by atoms with Gasteiger partial charge in [-0.2, -0.15) is 0 Å². The Morgan fingerprint density at radius 1 is 1.21 bits per heavy atom. The minimum absolute atomic E-state index is 0.0314. The Kier molecular flexibility index (Phi) is 4.08. The van der Waals surface area contributed by atoms with Crippen molar-refractivity contribution in [3.8, 4) is 0 Å². The van der Waals surface area contributed by atoms with Crippen LogP contribution >= 0.6 is 23.2 Å². The van der Waals surface area contributed by atoms with Crippen molar-refractivity contribution < 1.29 is 9.18 Å². The fourth-order valence-corrected chi connectivity index (χ4v) is 1.94. The zero-order valence-electron chi connectivity index (χ0n) is 10.0. The topological polar surface area (TPSA) is 29.1 Å². The first kappa shape index (κ1) is 13.8. The van der Waals surface area contributed by atoms with Gasteiger partial charge in [-0.15, -0.1) is 0 Å². The van der Waals surface area contributed by atoms with E-state index in [-0.39, 0.29) is 5.56 Å². The van der Waals surface area contributed by atoms with Gasteiger partial charge in [-0.05, 0) is 36.8 Å². The van der Waals surface area contributed by atoms with Crippen LogP contribution in [0.5, 0.6) is 0 Å². The number of hydrogen-bond acceptors (Lipinski definition) is 1. The molecule has 2 aromatic rings. The van der Waals surface area contributed by atoms with Gasteiger partial charge in [0.15, 0.2) is 0 Å². The maximum Gasteiger partial charge on any atom is 0.258 e. The van der Waals surface area contributed by atoms with Crippen LogP contribution in [-0.4, -0.2) is 5.91 Å². The van der Waals surface area contributed by atoms with E-state index < -0.39 is 11.7 Å². The number of anilines is 1. The van der Waals surface area contributed by atoms with Gasteiger partial charge in [0.25, 0.3) is 5.91 Å². The van der Waals surface area contributed by atoms with Crippen molar-refractivity contribution in [2.24, 2.45) is 0 Å². The van der Waals surface area contributed by atoms with E-state index >= 15 is 0 Å². The molecule has 0 unspecified atom stereocenters. The van der Waals surface area contributed by atoms with Crippen molar-refractivity contribution in [1.82, 2.24) is 0 Å². The molecule has 2 nitrogen and oxygen atoms in total. The minimum atomic E-state index is -0.564. The minimum Gasteiger partial charge on any atom is -0.320 e. The Balaban J connectivity index is 2.31. The zero-order valence-corrected chi connectivity index (χ0v) is 11.5. The van der Waals surface area contributed by atoms with E-state index in [1.54, 1.807) is 31.2 Å². The molecule has 0 aliphatic rings. The fraction of sp³-hybridized carbons (Fsp3) is 0.0714.